The molecule has 1 amide bonds. The van der Waals surface area contributed by atoms with E-state index in [2.05, 4.69) is 5.43 Å². The molecule has 2 N–H and O–H groups in total. The Hall–Kier alpha value is -1.53. The molecule has 1 aromatic heterocycles. The van der Waals surface area contributed by atoms with Crippen LogP contribution in [0.25, 0.3) is 5.70 Å². The first-order valence-electron chi connectivity index (χ1n) is 5.72. The summed E-state index contributed by atoms with van der Waals surface area (Å²) in [7, 11) is 0. The van der Waals surface area contributed by atoms with Crippen molar-refractivity contribution in [1.29, 1.82) is 0 Å². The van der Waals surface area contributed by atoms with Crippen LogP contribution in [0.3, 0.4) is 0 Å². The molecule has 2 heterocycles. The number of amides is 1. The highest BCUT2D eigenvalue weighted by atomic mass is 32.1. The fourth-order valence-electron chi connectivity index (χ4n) is 1.77. The van der Waals surface area contributed by atoms with E-state index in [0.29, 0.717) is 6.61 Å². The molecule has 1 unspecified atom stereocenters. The lowest BCUT2D eigenvalue weighted by Crippen LogP contribution is -2.52. The molecule has 0 saturated heterocycles. The molecule has 1 aromatic rings. The largest absolute Gasteiger partial charge is 0.448 e. The van der Waals surface area contributed by atoms with Crippen molar-refractivity contribution in [2.24, 2.45) is 0 Å². The van der Waals surface area contributed by atoms with Gasteiger partial charge in [-0.25, -0.2) is 9.80 Å². The van der Waals surface area contributed by atoms with E-state index < -0.39 is 11.6 Å². The van der Waals surface area contributed by atoms with E-state index in [1.807, 2.05) is 23.6 Å². The molecule has 1 aliphatic rings. The topological polar surface area (TPSA) is 61.8 Å². The van der Waals surface area contributed by atoms with Crippen molar-refractivity contribution in [1.82, 2.24) is 10.4 Å². The fraction of sp³-hybridized carbons (Fsp3) is 0.417. The Morgan fingerprint density at radius 2 is 2.44 bits per heavy atom. The van der Waals surface area contributed by atoms with Gasteiger partial charge in [0, 0.05) is 0 Å². The molecule has 5 nitrogen and oxygen atoms in total. The SMILES string of the molecule is CCOC(=O)N1NC(c2cccs2)=CC1(C)CO. The zero-order chi connectivity index (χ0) is 13.2. The zero-order valence-corrected chi connectivity index (χ0v) is 11.2. The molecule has 6 heteroatoms. The Morgan fingerprint density at radius 3 is 3.00 bits per heavy atom. The molecule has 0 radical (unpaired) electrons. The Balaban J connectivity index is 2.24. The smallest absolute Gasteiger partial charge is 0.429 e. The Morgan fingerprint density at radius 1 is 1.67 bits per heavy atom. The van der Waals surface area contributed by atoms with E-state index in [9.17, 15) is 9.90 Å². The normalized spacial score (nSPS) is 22.6. The quantitative estimate of drug-likeness (QED) is 0.877. The molecule has 0 aliphatic carbocycles. The number of rotatable bonds is 3. The van der Waals surface area contributed by atoms with E-state index >= 15 is 0 Å². The number of ether oxygens (including phenoxy) is 1. The lowest BCUT2D eigenvalue weighted by atomic mass is 10.0. The van der Waals surface area contributed by atoms with Crippen LogP contribution in [0.5, 0.6) is 0 Å². The highest BCUT2D eigenvalue weighted by molar-refractivity contribution is 7.11. The summed E-state index contributed by atoms with van der Waals surface area (Å²) in [5.74, 6) is 0. The molecule has 18 heavy (non-hydrogen) atoms. The minimum absolute atomic E-state index is 0.173. The van der Waals surface area contributed by atoms with Crippen molar-refractivity contribution in [2.45, 2.75) is 19.4 Å². The van der Waals surface area contributed by atoms with E-state index in [0.717, 1.165) is 10.6 Å². The minimum atomic E-state index is -0.786. The van der Waals surface area contributed by atoms with Gasteiger partial charge in [0.05, 0.1) is 23.8 Å². The summed E-state index contributed by atoms with van der Waals surface area (Å²) >= 11 is 1.57. The van der Waals surface area contributed by atoms with Gasteiger partial charge in [0.25, 0.3) is 0 Å². The van der Waals surface area contributed by atoms with Gasteiger partial charge in [0.2, 0.25) is 0 Å². The lowest BCUT2D eigenvalue weighted by Gasteiger charge is -2.31. The highest BCUT2D eigenvalue weighted by Crippen LogP contribution is 2.30. The van der Waals surface area contributed by atoms with Gasteiger partial charge in [-0.05, 0) is 31.4 Å². The number of nitrogens with one attached hydrogen (secondary N) is 1. The van der Waals surface area contributed by atoms with Crippen LogP contribution in [-0.4, -0.2) is 35.0 Å². The maximum atomic E-state index is 11.8. The third-order valence-electron chi connectivity index (χ3n) is 2.76. The first kappa shape index (κ1) is 12.9. The molecule has 0 saturated carbocycles. The molecule has 0 aromatic carbocycles. The predicted octanol–water partition coefficient (Wildman–Crippen LogP) is 1.82. The Bertz CT molecular complexity index is 458. The molecular weight excluding hydrogens is 252 g/mol. The molecular formula is C12H16N2O3S. The number of nitrogens with zero attached hydrogens (tertiary/aromatic N) is 1. The number of thiophene rings is 1. The summed E-state index contributed by atoms with van der Waals surface area (Å²) in [6.45, 7) is 3.65. The number of aliphatic hydroxyl groups is 1. The van der Waals surface area contributed by atoms with Crippen LogP contribution in [0, 0.1) is 0 Å². The van der Waals surface area contributed by atoms with E-state index in [1.165, 1.54) is 5.01 Å². The van der Waals surface area contributed by atoms with Crippen LogP contribution in [0.2, 0.25) is 0 Å². The van der Waals surface area contributed by atoms with Crippen LogP contribution in [0.4, 0.5) is 4.79 Å². The summed E-state index contributed by atoms with van der Waals surface area (Å²) in [5.41, 5.74) is 3.02. The van der Waals surface area contributed by atoms with Crippen molar-refractivity contribution in [3.05, 3.63) is 28.5 Å². The monoisotopic (exact) mass is 268 g/mol. The third-order valence-corrected chi connectivity index (χ3v) is 3.66. The predicted molar refractivity (Wildman–Crippen MR) is 69.8 cm³/mol. The van der Waals surface area contributed by atoms with Gasteiger partial charge in [-0.15, -0.1) is 11.3 Å². The number of carbonyl (C=O) groups is 1. The number of hydrogen-bond acceptors (Lipinski definition) is 5. The van der Waals surface area contributed by atoms with Crippen molar-refractivity contribution >= 4 is 23.1 Å². The number of hydrogen-bond donors (Lipinski definition) is 2. The van der Waals surface area contributed by atoms with Crippen LogP contribution < -0.4 is 5.43 Å². The second-order valence-corrected chi connectivity index (χ2v) is 5.14. The molecule has 1 aliphatic heterocycles. The van der Waals surface area contributed by atoms with Gasteiger partial charge in [0.1, 0.15) is 5.54 Å². The summed E-state index contributed by atoms with van der Waals surface area (Å²) < 4.78 is 4.97. The van der Waals surface area contributed by atoms with Crippen LogP contribution >= 0.6 is 11.3 Å². The summed E-state index contributed by atoms with van der Waals surface area (Å²) in [5, 5.41) is 12.8. The van der Waals surface area contributed by atoms with Crippen molar-refractivity contribution in [2.75, 3.05) is 13.2 Å². The van der Waals surface area contributed by atoms with Gasteiger partial charge in [-0.1, -0.05) is 6.07 Å². The maximum Gasteiger partial charge on any atom is 0.429 e. The third kappa shape index (κ3) is 2.21. The second-order valence-electron chi connectivity index (χ2n) is 4.20. The molecule has 0 fully saturated rings. The average molecular weight is 268 g/mol. The lowest BCUT2D eigenvalue weighted by molar-refractivity contribution is 0.0422. The van der Waals surface area contributed by atoms with E-state index in [-0.39, 0.29) is 6.61 Å². The molecule has 2 rings (SSSR count). The molecule has 0 bridgehead atoms. The van der Waals surface area contributed by atoms with Crippen molar-refractivity contribution in [3.8, 4) is 0 Å². The van der Waals surface area contributed by atoms with Gasteiger partial charge < -0.3 is 9.84 Å². The highest BCUT2D eigenvalue weighted by Gasteiger charge is 2.40. The Kier molecular flexibility index (Phi) is 3.58. The van der Waals surface area contributed by atoms with Crippen LogP contribution in [0.1, 0.15) is 18.7 Å². The molecule has 1 atom stereocenters. The molecule has 98 valence electrons. The van der Waals surface area contributed by atoms with Gasteiger partial charge in [0.15, 0.2) is 0 Å². The summed E-state index contributed by atoms with van der Waals surface area (Å²) in [6.07, 6.45) is 1.35. The zero-order valence-electron chi connectivity index (χ0n) is 10.3. The standard InChI is InChI=1S/C12H16N2O3S/c1-3-17-11(16)14-12(2,8-15)7-9(13-14)10-5-4-6-18-10/h4-7,13,15H,3,8H2,1-2H3. The van der Waals surface area contributed by atoms with Gasteiger partial charge in [-0.3, -0.25) is 5.43 Å². The summed E-state index contributed by atoms with van der Waals surface area (Å²) in [6, 6.07) is 3.89. The van der Waals surface area contributed by atoms with E-state index in [1.54, 1.807) is 25.2 Å². The first-order chi connectivity index (χ1) is 8.60. The number of carbonyl (C=O) groups excluding carboxylic acids is 1. The van der Waals surface area contributed by atoms with Crippen molar-refractivity contribution < 1.29 is 14.6 Å². The van der Waals surface area contributed by atoms with E-state index in [4.69, 9.17) is 4.74 Å². The minimum Gasteiger partial charge on any atom is -0.448 e. The average Bonchev–Trinajstić information content (AvgIpc) is 2.97. The van der Waals surface area contributed by atoms with Crippen LogP contribution in [-0.2, 0) is 4.74 Å². The number of aliphatic hydroxyl groups excluding tert-OH is 1. The molecule has 0 spiro atoms. The summed E-state index contributed by atoms with van der Waals surface area (Å²) in [4.78, 5) is 12.9. The second kappa shape index (κ2) is 4.99. The number of hydrazine groups is 1. The maximum absolute atomic E-state index is 11.8. The van der Waals surface area contributed by atoms with Gasteiger partial charge in [-0.2, -0.15) is 0 Å². The first-order valence-corrected chi connectivity index (χ1v) is 6.60. The Labute approximate surface area is 110 Å². The van der Waals surface area contributed by atoms with Crippen molar-refractivity contribution in [3.63, 3.8) is 0 Å². The van der Waals surface area contributed by atoms with Crippen LogP contribution in [0.15, 0.2) is 23.6 Å². The van der Waals surface area contributed by atoms with Gasteiger partial charge >= 0.3 is 6.09 Å². The fourth-order valence-corrected chi connectivity index (χ4v) is 2.46.